The largest absolute Gasteiger partial charge is 0.392 e. The Morgan fingerprint density at radius 1 is 1.14 bits per heavy atom. The first-order chi connectivity index (χ1) is 9.79. The molecule has 1 aromatic carbocycles. The average Bonchev–Trinajstić information content (AvgIpc) is 2.43. The van der Waals surface area contributed by atoms with Crippen LogP contribution < -0.4 is 5.32 Å². The zero-order chi connectivity index (χ0) is 15.6. The minimum absolute atomic E-state index is 0.166. The van der Waals surface area contributed by atoms with E-state index in [1.165, 1.54) is 12.1 Å². The summed E-state index contributed by atoms with van der Waals surface area (Å²) in [5.74, 6) is -5.28. The zero-order valence-electron chi connectivity index (χ0n) is 10.7. The van der Waals surface area contributed by atoms with Gasteiger partial charge in [0.2, 0.25) is 0 Å². The molecule has 1 aliphatic carbocycles. The standard InChI is InChI=1S/C14H11F4NO2/c15-12-10(6-9(7-11(12)20)14(16,17)18)19-13(21)8-4-2-1-3-5-8/h1-5,9H,6-7H2,(H,19,21). The molecular weight excluding hydrogens is 290 g/mol. The lowest BCUT2D eigenvalue weighted by Crippen LogP contribution is -2.35. The molecule has 0 aromatic heterocycles. The highest BCUT2D eigenvalue weighted by Crippen LogP contribution is 2.38. The number of amides is 1. The van der Waals surface area contributed by atoms with Crippen molar-refractivity contribution in [2.24, 2.45) is 5.92 Å². The van der Waals surface area contributed by atoms with Gasteiger partial charge in [-0.3, -0.25) is 9.59 Å². The molecule has 1 aromatic rings. The van der Waals surface area contributed by atoms with Gasteiger partial charge in [0.1, 0.15) is 0 Å². The van der Waals surface area contributed by atoms with E-state index in [9.17, 15) is 27.2 Å². The SMILES string of the molecule is O=C1CC(C(F)(F)F)CC(NC(=O)c2ccccc2)=C1F. The van der Waals surface area contributed by atoms with Gasteiger partial charge in [-0.25, -0.2) is 4.39 Å². The number of nitrogens with one attached hydrogen (secondary N) is 1. The Morgan fingerprint density at radius 2 is 1.76 bits per heavy atom. The van der Waals surface area contributed by atoms with Gasteiger partial charge in [-0.05, 0) is 12.1 Å². The van der Waals surface area contributed by atoms with Crippen molar-refractivity contribution in [3.8, 4) is 0 Å². The molecule has 0 spiro atoms. The number of Topliss-reactive ketones (excluding diaryl/α,β-unsaturated/α-hetero) is 1. The molecule has 0 heterocycles. The molecule has 3 nitrogen and oxygen atoms in total. The van der Waals surface area contributed by atoms with Gasteiger partial charge in [-0.15, -0.1) is 0 Å². The van der Waals surface area contributed by atoms with Gasteiger partial charge in [0, 0.05) is 18.4 Å². The fraction of sp³-hybridized carbons (Fsp3) is 0.286. The molecule has 0 fully saturated rings. The van der Waals surface area contributed by atoms with Gasteiger partial charge < -0.3 is 5.32 Å². The predicted molar refractivity (Wildman–Crippen MR) is 65.8 cm³/mol. The van der Waals surface area contributed by atoms with Gasteiger partial charge in [-0.2, -0.15) is 13.2 Å². The Bertz CT molecular complexity index is 593. The van der Waals surface area contributed by atoms with Crippen LogP contribution >= 0.6 is 0 Å². The number of hydrogen-bond acceptors (Lipinski definition) is 2. The molecule has 0 bridgehead atoms. The van der Waals surface area contributed by atoms with E-state index in [0.717, 1.165) is 0 Å². The molecule has 7 heteroatoms. The quantitative estimate of drug-likeness (QED) is 0.853. The lowest BCUT2D eigenvalue weighted by molar-refractivity contribution is -0.179. The third kappa shape index (κ3) is 3.48. The molecule has 1 amide bonds. The third-order valence-electron chi connectivity index (χ3n) is 3.16. The Morgan fingerprint density at radius 3 is 2.33 bits per heavy atom. The van der Waals surface area contributed by atoms with Crippen molar-refractivity contribution in [1.29, 1.82) is 0 Å². The van der Waals surface area contributed by atoms with Crippen LogP contribution in [0, 0.1) is 5.92 Å². The molecule has 1 N–H and O–H groups in total. The van der Waals surface area contributed by atoms with E-state index in [4.69, 9.17) is 0 Å². The fourth-order valence-electron chi connectivity index (χ4n) is 2.03. The van der Waals surface area contributed by atoms with Crippen LogP contribution in [0.15, 0.2) is 41.9 Å². The summed E-state index contributed by atoms with van der Waals surface area (Å²) >= 11 is 0. The number of ketones is 1. The number of alkyl halides is 3. The summed E-state index contributed by atoms with van der Waals surface area (Å²) in [4.78, 5) is 23.1. The van der Waals surface area contributed by atoms with E-state index in [2.05, 4.69) is 5.32 Å². The van der Waals surface area contributed by atoms with Gasteiger partial charge in [0.05, 0.1) is 11.6 Å². The van der Waals surface area contributed by atoms with Crippen LogP contribution in [0.25, 0.3) is 0 Å². The Labute approximate surface area is 117 Å². The Balaban J connectivity index is 2.20. The number of allylic oxidation sites excluding steroid dienone is 2. The van der Waals surface area contributed by atoms with E-state index in [-0.39, 0.29) is 5.56 Å². The number of rotatable bonds is 2. The highest BCUT2D eigenvalue weighted by Gasteiger charge is 2.45. The molecule has 0 radical (unpaired) electrons. The summed E-state index contributed by atoms with van der Waals surface area (Å²) in [6.45, 7) is 0. The van der Waals surface area contributed by atoms with E-state index in [1.54, 1.807) is 18.2 Å². The highest BCUT2D eigenvalue weighted by molar-refractivity contribution is 5.99. The van der Waals surface area contributed by atoms with E-state index in [1.807, 2.05) is 0 Å². The summed E-state index contributed by atoms with van der Waals surface area (Å²) < 4.78 is 51.6. The molecule has 1 atom stereocenters. The smallest absolute Gasteiger partial charge is 0.323 e. The topological polar surface area (TPSA) is 46.2 Å². The van der Waals surface area contributed by atoms with Gasteiger partial charge >= 0.3 is 6.18 Å². The zero-order valence-corrected chi connectivity index (χ0v) is 10.7. The van der Waals surface area contributed by atoms with Crippen LogP contribution in [0.1, 0.15) is 23.2 Å². The minimum Gasteiger partial charge on any atom is -0.323 e. The lowest BCUT2D eigenvalue weighted by Gasteiger charge is -2.25. The van der Waals surface area contributed by atoms with Gasteiger partial charge in [-0.1, -0.05) is 18.2 Å². The highest BCUT2D eigenvalue weighted by atomic mass is 19.4. The normalized spacial score (nSPS) is 19.6. The maximum atomic E-state index is 13.6. The average molecular weight is 301 g/mol. The monoisotopic (exact) mass is 301 g/mol. The molecule has 21 heavy (non-hydrogen) atoms. The number of carbonyl (C=O) groups is 2. The Kier molecular flexibility index (Phi) is 4.11. The molecule has 1 unspecified atom stereocenters. The van der Waals surface area contributed by atoms with Crippen molar-refractivity contribution in [1.82, 2.24) is 5.32 Å². The van der Waals surface area contributed by atoms with Gasteiger partial charge in [0.25, 0.3) is 5.91 Å². The molecule has 1 aliphatic rings. The first kappa shape index (κ1) is 15.2. The van der Waals surface area contributed by atoms with E-state index >= 15 is 0 Å². The first-order valence-electron chi connectivity index (χ1n) is 6.14. The van der Waals surface area contributed by atoms with Crippen LogP contribution in [0.5, 0.6) is 0 Å². The first-order valence-corrected chi connectivity index (χ1v) is 6.14. The minimum atomic E-state index is -4.61. The van der Waals surface area contributed by atoms with Crippen LogP contribution in [-0.4, -0.2) is 17.9 Å². The molecule has 0 saturated carbocycles. The lowest BCUT2D eigenvalue weighted by atomic mass is 9.90. The Hall–Kier alpha value is -2.18. The summed E-state index contributed by atoms with van der Waals surface area (Å²) in [7, 11) is 0. The molecule has 0 saturated heterocycles. The van der Waals surface area contributed by atoms with E-state index < -0.39 is 48.2 Å². The molecular formula is C14H11F4NO2. The van der Waals surface area contributed by atoms with Crippen molar-refractivity contribution >= 4 is 11.7 Å². The van der Waals surface area contributed by atoms with Crippen LogP contribution in [0.4, 0.5) is 17.6 Å². The van der Waals surface area contributed by atoms with Crippen LogP contribution in [-0.2, 0) is 4.79 Å². The van der Waals surface area contributed by atoms with Crippen molar-refractivity contribution in [2.45, 2.75) is 19.0 Å². The molecule has 112 valence electrons. The fourth-order valence-corrected chi connectivity index (χ4v) is 2.03. The second-order valence-electron chi connectivity index (χ2n) is 4.68. The van der Waals surface area contributed by atoms with Crippen molar-refractivity contribution in [3.63, 3.8) is 0 Å². The maximum Gasteiger partial charge on any atom is 0.392 e. The third-order valence-corrected chi connectivity index (χ3v) is 3.16. The number of halogens is 4. The number of hydrogen-bond donors (Lipinski definition) is 1. The summed E-state index contributed by atoms with van der Waals surface area (Å²) in [5, 5.41) is 2.06. The summed E-state index contributed by atoms with van der Waals surface area (Å²) in [5.41, 5.74) is -0.443. The molecule has 0 aliphatic heterocycles. The molecule has 2 rings (SSSR count). The second kappa shape index (κ2) is 5.67. The van der Waals surface area contributed by atoms with Gasteiger partial charge in [0.15, 0.2) is 11.6 Å². The van der Waals surface area contributed by atoms with Crippen molar-refractivity contribution in [3.05, 3.63) is 47.4 Å². The second-order valence-corrected chi connectivity index (χ2v) is 4.68. The number of benzene rings is 1. The van der Waals surface area contributed by atoms with Crippen LogP contribution in [0.2, 0.25) is 0 Å². The van der Waals surface area contributed by atoms with Crippen molar-refractivity contribution in [2.75, 3.05) is 0 Å². The summed E-state index contributed by atoms with van der Waals surface area (Å²) in [6, 6.07) is 7.63. The number of carbonyl (C=O) groups excluding carboxylic acids is 2. The van der Waals surface area contributed by atoms with Crippen molar-refractivity contribution < 1.29 is 27.2 Å². The predicted octanol–water partition coefficient (Wildman–Crippen LogP) is 3.14. The van der Waals surface area contributed by atoms with Crippen LogP contribution in [0.3, 0.4) is 0 Å². The summed E-state index contributed by atoms with van der Waals surface area (Å²) in [6.07, 6.45) is -6.29. The maximum absolute atomic E-state index is 13.6. The van der Waals surface area contributed by atoms with E-state index in [0.29, 0.717) is 0 Å².